The molecule has 126 valence electrons. The lowest BCUT2D eigenvalue weighted by Crippen LogP contribution is -2.49. The zero-order valence-corrected chi connectivity index (χ0v) is 13.4. The molecule has 4 heterocycles. The Kier molecular flexibility index (Phi) is 4.03. The van der Waals surface area contributed by atoms with Crippen LogP contribution < -0.4 is 4.90 Å². The number of anilines is 1. The quantitative estimate of drug-likeness (QED) is 0.684. The monoisotopic (exact) mass is 336 g/mol. The Morgan fingerprint density at radius 2 is 1.80 bits per heavy atom. The number of pyridine rings is 1. The first-order valence-corrected chi connectivity index (χ1v) is 7.92. The van der Waals surface area contributed by atoms with E-state index in [4.69, 9.17) is 0 Å². The summed E-state index contributed by atoms with van der Waals surface area (Å²) in [6.07, 6.45) is 9.66. The van der Waals surface area contributed by atoms with Crippen LogP contribution in [0.4, 0.5) is 5.82 Å². The van der Waals surface area contributed by atoms with Gasteiger partial charge in [-0.3, -0.25) is 9.78 Å². The number of carbonyl (C=O) groups excluding carboxylic acids is 1. The summed E-state index contributed by atoms with van der Waals surface area (Å²) in [6, 6.07) is 3.45. The van der Waals surface area contributed by atoms with Gasteiger partial charge in [0, 0.05) is 50.3 Å². The first kappa shape index (κ1) is 15.2. The topological polar surface area (TPSA) is 92.9 Å². The van der Waals surface area contributed by atoms with Crippen LogP contribution in [-0.2, 0) is 0 Å². The molecule has 1 fully saturated rings. The average Bonchev–Trinajstić information content (AvgIpc) is 3.23. The molecule has 0 atom stereocenters. The zero-order chi connectivity index (χ0) is 17.1. The molecule has 3 aromatic heterocycles. The van der Waals surface area contributed by atoms with Crippen LogP contribution >= 0.6 is 0 Å². The molecule has 0 saturated carbocycles. The SMILES string of the molecule is O=C(c1ccnc(-n2cncn2)c1)N1CCN(c2cnccn2)CC1. The summed E-state index contributed by atoms with van der Waals surface area (Å²) in [5, 5.41) is 4.04. The van der Waals surface area contributed by atoms with Crippen molar-refractivity contribution in [1.29, 1.82) is 0 Å². The van der Waals surface area contributed by atoms with Gasteiger partial charge in [-0.2, -0.15) is 5.10 Å². The Morgan fingerprint density at radius 1 is 0.960 bits per heavy atom. The van der Waals surface area contributed by atoms with E-state index >= 15 is 0 Å². The number of rotatable bonds is 3. The third kappa shape index (κ3) is 3.16. The summed E-state index contributed by atoms with van der Waals surface area (Å²) in [5.41, 5.74) is 0.591. The third-order valence-electron chi connectivity index (χ3n) is 4.09. The van der Waals surface area contributed by atoms with Crippen LogP contribution in [0.5, 0.6) is 0 Å². The number of amides is 1. The minimum Gasteiger partial charge on any atom is -0.352 e. The summed E-state index contributed by atoms with van der Waals surface area (Å²) in [7, 11) is 0. The Morgan fingerprint density at radius 3 is 2.52 bits per heavy atom. The molecule has 1 saturated heterocycles. The second-order valence-corrected chi connectivity index (χ2v) is 5.59. The minimum atomic E-state index is -0.0115. The number of carbonyl (C=O) groups is 1. The van der Waals surface area contributed by atoms with E-state index in [-0.39, 0.29) is 5.91 Å². The highest BCUT2D eigenvalue weighted by Gasteiger charge is 2.23. The van der Waals surface area contributed by atoms with Crippen LogP contribution in [0.15, 0.2) is 49.6 Å². The Bertz CT molecular complexity index is 844. The van der Waals surface area contributed by atoms with Crippen LogP contribution in [0.3, 0.4) is 0 Å². The molecule has 0 aliphatic carbocycles. The van der Waals surface area contributed by atoms with Gasteiger partial charge >= 0.3 is 0 Å². The third-order valence-corrected chi connectivity index (χ3v) is 4.09. The van der Waals surface area contributed by atoms with E-state index in [1.807, 2.05) is 4.90 Å². The molecule has 0 unspecified atom stereocenters. The maximum Gasteiger partial charge on any atom is 0.254 e. The average molecular weight is 336 g/mol. The van der Waals surface area contributed by atoms with E-state index < -0.39 is 0 Å². The summed E-state index contributed by atoms with van der Waals surface area (Å²) in [6.45, 7) is 2.73. The molecule has 1 amide bonds. The number of piperazine rings is 1. The predicted octanol–water partition coefficient (Wildman–Crippen LogP) is 0.415. The second-order valence-electron chi connectivity index (χ2n) is 5.59. The summed E-state index contributed by atoms with van der Waals surface area (Å²) in [4.78, 5) is 33.3. The lowest BCUT2D eigenvalue weighted by Gasteiger charge is -2.35. The van der Waals surface area contributed by atoms with Gasteiger partial charge in [-0.25, -0.2) is 19.6 Å². The van der Waals surface area contributed by atoms with E-state index in [0.29, 0.717) is 24.5 Å². The molecular weight excluding hydrogens is 320 g/mol. The fraction of sp³-hybridized carbons (Fsp3) is 0.250. The highest BCUT2D eigenvalue weighted by molar-refractivity contribution is 5.94. The van der Waals surface area contributed by atoms with Gasteiger partial charge in [-0.1, -0.05) is 0 Å². The molecule has 4 rings (SSSR count). The van der Waals surface area contributed by atoms with Gasteiger partial charge in [0.25, 0.3) is 5.91 Å². The lowest BCUT2D eigenvalue weighted by molar-refractivity contribution is 0.0746. The fourth-order valence-corrected chi connectivity index (χ4v) is 2.78. The molecule has 9 heteroatoms. The molecule has 0 spiro atoms. The zero-order valence-electron chi connectivity index (χ0n) is 13.4. The maximum absolute atomic E-state index is 12.8. The Hall–Kier alpha value is -3.36. The van der Waals surface area contributed by atoms with Gasteiger partial charge in [0.2, 0.25) is 0 Å². The highest BCUT2D eigenvalue weighted by atomic mass is 16.2. The van der Waals surface area contributed by atoms with Crippen LogP contribution in [0.2, 0.25) is 0 Å². The molecule has 3 aromatic rings. The van der Waals surface area contributed by atoms with Crippen molar-refractivity contribution in [3.8, 4) is 5.82 Å². The van der Waals surface area contributed by atoms with E-state index in [1.165, 1.54) is 11.0 Å². The van der Waals surface area contributed by atoms with Gasteiger partial charge in [0.05, 0.1) is 6.20 Å². The molecule has 1 aliphatic heterocycles. The number of hydrogen-bond donors (Lipinski definition) is 0. The smallest absolute Gasteiger partial charge is 0.254 e. The van der Waals surface area contributed by atoms with Crippen molar-refractivity contribution in [1.82, 2.24) is 34.6 Å². The predicted molar refractivity (Wildman–Crippen MR) is 89.3 cm³/mol. The standard InChI is InChI=1S/C16H16N8O/c25-16(13-1-2-19-14(9-13)24-12-18-11-21-24)23-7-5-22(6-8-23)15-10-17-3-4-20-15/h1-4,9-12H,5-8H2. The van der Waals surface area contributed by atoms with Gasteiger partial charge in [0.1, 0.15) is 18.5 Å². The van der Waals surface area contributed by atoms with Crippen LogP contribution in [0, 0.1) is 0 Å². The molecule has 0 radical (unpaired) electrons. The minimum absolute atomic E-state index is 0.0115. The van der Waals surface area contributed by atoms with Gasteiger partial charge in [-0.05, 0) is 12.1 Å². The number of hydrogen-bond acceptors (Lipinski definition) is 7. The van der Waals surface area contributed by atoms with Crippen molar-refractivity contribution in [2.45, 2.75) is 0 Å². The van der Waals surface area contributed by atoms with Gasteiger partial charge in [-0.15, -0.1) is 0 Å². The summed E-state index contributed by atoms with van der Waals surface area (Å²) < 4.78 is 1.53. The van der Waals surface area contributed by atoms with Crippen LogP contribution in [0.25, 0.3) is 5.82 Å². The van der Waals surface area contributed by atoms with Crippen molar-refractivity contribution in [3.05, 3.63) is 55.1 Å². The Labute approximate surface area is 144 Å². The molecule has 25 heavy (non-hydrogen) atoms. The largest absolute Gasteiger partial charge is 0.352 e. The molecule has 1 aliphatic rings. The normalized spacial score (nSPS) is 14.6. The number of aromatic nitrogens is 6. The van der Waals surface area contributed by atoms with Crippen molar-refractivity contribution < 1.29 is 4.79 Å². The van der Waals surface area contributed by atoms with Crippen molar-refractivity contribution in [2.24, 2.45) is 0 Å². The second kappa shape index (κ2) is 6.63. The molecule has 0 N–H and O–H groups in total. The maximum atomic E-state index is 12.8. The first-order chi connectivity index (χ1) is 12.3. The van der Waals surface area contributed by atoms with Crippen molar-refractivity contribution in [3.63, 3.8) is 0 Å². The molecule has 0 bridgehead atoms. The highest BCUT2D eigenvalue weighted by Crippen LogP contribution is 2.14. The molecular formula is C16H16N8O. The van der Waals surface area contributed by atoms with E-state index in [2.05, 4.69) is 29.9 Å². The Balaban J connectivity index is 1.45. The summed E-state index contributed by atoms with van der Waals surface area (Å²) >= 11 is 0. The fourth-order valence-electron chi connectivity index (χ4n) is 2.78. The number of nitrogens with zero attached hydrogens (tertiary/aromatic N) is 8. The molecule has 0 aromatic carbocycles. The van der Waals surface area contributed by atoms with E-state index in [9.17, 15) is 4.79 Å². The lowest BCUT2D eigenvalue weighted by atomic mass is 10.2. The van der Waals surface area contributed by atoms with Crippen LogP contribution in [-0.4, -0.2) is 66.7 Å². The summed E-state index contributed by atoms with van der Waals surface area (Å²) in [5.74, 6) is 1.40. The molecule has 9 nitrogen and oxygen atoms in total. The van der Waals surface area contributed by atoms with Gasteiger partial charge in [0.15, 0.2) is 5.82 Å². The first-order valence-electron chi connectivity index (χ1n) is 7.92. The van der Waals surface area contributed by atoms with Crippen molar-refractivity contribution in [2.75, 3.05) is 31.1 Å². The van der Waals surface area contributed by atoms with Crippen LogP contribution in [0.1, 0.15) is 10.4 Å². The van der Waals surface area contributed by atoms with E-state index in [0.717, 1.165) is 18.9 Å². The van der Waals surface area contributed by atoms with E-state index in [1.54, 1.807) is 43.2 Å². The van der Waals surface area contributed by atoms with Crippen molar-refractivity contribution >= 4 is 11.7 Å². The van der Waals surface area contributed by atoms with Gasteiger partial charge < -0.3 is 9.80 Å².